The summed E-state index contributed by atoms with van der Waals surface area (Å²) in [5, 5.41) is 9.46. The van der Waals surface area contributed by atoms with Crippen LogP contribution in [-0.2, 0) is 10.2 Å². The van der Waals surface area contributed by atoms with E-state index in [1.807, 2.05) is 0 Å². The number of carboxylic acid groups (broad SMARTS) is 1. The molecule has 1 aromatic carbocycles. The summed E-state index contributed by atoms with van der Waals surface area (Å²) in [6.45, 7) is 3.23. The zero-order chi connectivity index (χ0) is 11.6. The molecule has 0 spiro atoms. The number of hydrogen-bond acceptors (Lipinski definition) is 2. The van der Waals surface area contributed by atoms with E-state index in [-0.39, 0.29) is 0 Å². The van der Waals surface area contributed by atoms with E-state index >= 15 is 0 Å². The highest BCUT2D eigenvalue weighted by atomic mass is 35.5. The van der Waals surface area contributed by atoms with Crippen molar-refractivity contribution in [2.24, 2.45) is 0 Å². The molecule has 0 aliphatic heterocycles. The molecular formula is C11H13ClO3. The van der Waals surface area contributed by atoms with Crippen LogP contribution in [0.15, 0.2) is 18.2 Å². The van der Waals surface area contributed by atoms with Gasteiger partial charge in [-0.3, -0.25) is 4.79 Å². The Hall–Kier alpha value is -1.22. The maximum absolute atomic E-state index is 11.0. The van der Waals surface area contributed by atoms with Gasteiger partial charge in [-0.15, -0.1) is 0 Å². The highest BCUT2D eigenvalue weighted by Crippen LogP contribution is 2.32. The van der Waals surface area contributed by atoms with Gasteiger partial charge in [0.25, 0.3) is 0 Å². The van der Waals surface area contributed by atoms with Gasteiger partial charge in [0.05, 0.1) is 12.5 Å². The first kappa shape index (κ1) is 11.9. The molecule has 1 N–H and O–H groups in total. The Bertz CT molecular complexity index is 385. The van der Waals surface area contributed by atoms with Crippen LogP contribution in [0, 0.1) is 0 Å². The molecule has 1 aromatic rings. The summed E-state index contributed by atoms with van der Waals surface area (Å²) in [6.07, 6.45) is 0. The van der Waals surface area contributed by atoms with Crippen molar-refractivity contribution < 1.29 is 14.6 Å². The lowest BCUT2D eigenvalue weighted by Crippen LogP contribution is -2.28. The van der Waals surface area contributed by atoms with Gasteiger partial charge in [0.2, 0.25) is 0 Å². The maximum atomic E-state index is 11.0. The third-order valence-electron chi connectivity index (χ3n) is 2.38. The minimum atomic E-state index is -0.997. The lowest BCUT2D eigenvalue weighted by Gasteiger charge is -2.21. The second-order valence-corrected chi connectivity index (χ2v) is 4.18. The Morgan fingerprint density at radius 1 is 1.47 bits per heavy atom. The monoisotopic (exact) mass is 228 g/mol. The SMILES string of the molecule is COc1ccc(C(C)(C)C(=O)O)c(Cl)c1. The van der Waals surface area contributed by atoms with Crippen LogP contribution in [-0.4, -0.2) is 18.2 Å². The number of aliphatic carboxylic acids is 1. The van der Waals surface area contributed by atoms with Gasteiger partial charge in [-0.2, -0.15) is 0 Å². The summed E-state index contributed by atoms with van der Waals surface area (Å²) in [6, 6.07) is 4.99. The molecule has 0 radical (unpaired) electrons. The fourth-order valence-electron chi connectivity index (χ4n) is 1.24. The number of hydrogen-bond donors (Lipinski definition) is 1. The Morgan fingerprint density at radius 2 is 2.07 bits per heavy atom. The van der Waals surface area contributed by atoms with E-state index in [0.29, 0.717) is 16.3 Å². The molecule has 0 atom stereocenters. The zero-order valence-electron chi connectivity index (χ0n) is 8.87. The van der Waals surface area contributed by atoms with E-state index in [1.54, 1.807) is 32.0 Å². The zero-order valence-corrected chi connectivity index (χ0v) is 9.63. The summed E-state index contributed by atoms with van der Waals surface area (Å²) in [4.78, 5) is 11.0. The summed E-state index contributed by atoms with van der Waals surface area (Å²) >= 11 is 5.99. The second kappa shape index (κ2) is 4.11. The van der Waals surface area contributed by atoms with Crippen LogP contribution >= 0.6 is 11.6 Å². The van der Waals surface area contributed by atoms with Gasteiger partial charge in [0.15, 0.2) is 0 Å². The average molecular weight is 229 g/mol. The summed E-state index contributed by atoms with van der Waals surface area (Å²) in [7, 11) is 1.54. The predicted molar refractivity (Wildman–Crippen MR) is 58.7 cm³/mol. The smallest absolute Gasteiger partial charge is 0.313 e. The number of benzene rings is 1. The highest BCUT2D eigenvalue weighted by molar-refractivity contribution is 6.31. The van der Waals surface area contributed by atoms with Gasteiger partial charge in [0.1, 0.15) is 5.75 Å². The third-order valence-corrected chi connectivity index (χ3v) is 2.70. The van der Waals surface area contributed by atoms with Crippen molar-refractivity contribution in [3.63, 3.8) is 0 Å². The van der Waals surface area contributed by atoms with Crippen molar-refractivity contribution in [3.8, 4) is 5.75 Å². The standard InChI is InChI=1S/C11H13ClO3/c1-11(2,10(13)14)8-5-4-7(15-3)6-9(8)12/h4-6H,1-3H3,(H,13,14). The molecule has 15 heavy (non-hydrogen) atoms. The second-order valence-electron chi connectivity index (χ2n) is 3.78. The van der Waals surface area contributed by atoms with Gasteiger partial charge >= 0.3 is 5.97 Å². The number of methoxy groups -OCH3 is 1. The Balaban J connectivity index is 3.22. The topological polar surface area (TPSA) is 46.5 Å². The van der Waals surface area contributed by atoms with E-state index in [0.717, 1.165) is 0 Å². The predicted octanol–water partition coefficient (Wildman–Crippen LogP) is 2.71. The molecule has 0 unspecified atom stereocenters. The first-order valence-corrected chi connectivity index (χ1v) is 4.85. The maximum Gasteiger partial charge on any atom is 0.313 e. The largest absolute Gasteiger partial charge is 0.497 e. The molecule has 0 fully saturated rings. The highest BCUT2D eigenvalue weighted by Gasteiger charge is 2.31. The van der Waals surface area contributed by atoms with Crippen LogP contribution in [0.25, 0.3) is 0 Å². The van der Waals surface area contributed by atoms with Crippen molar-refractivity contribution in [2.75, 3.05) is 7.11 Å². The van der Waals surface area contributed by atoms with Crippen LogP contribution in [0.5, 0.6) is 5.75 Å². The minimum Gasteiger partial charge on any atom is -0.497 e. The van der Waals surface area contributed by atoms with Crippen LogP contribution < -0.4 is 4.74 Å². The quantitative estimate of drug-likeness (QED) is 0.865. The van der Waals surface area contributed by atoms with Crippen molar-refractivity contribution >= 4 is 17.6 Å². The molecule has 0 aliphatic rings. The Kier molecular flexibility index (Phi) is 3.25. The number of halogens is 1. The van der Waals surface area contributed by atoms with Gasteiger partial charge < -0.3 is 9.84 Å². The first-order valence-electron chi connectivity index (χ1n) is 4.47. The van der Waals surface area contributed by atoms with Crippen molar-refractivity contribution in [1.82, 2.24) is 0 Å². The van der Waals surface area contributed by atoms with Gasteiger partial charge in [-0.05, 0) is 31.5 Å². The van der Waals surface area contributed by atoms with E-state index in [9.17, 15) is 4.79 Å². The molecule has 0 saturated carbocycles. The Morgan fingerprint density at radius 3 is 2.47 bits per heavy atom. The fourth-order valence-corrected chi connectivity index (χ4v) is 1.65. The molecule has 1 rings (SSSR count). The third kappa shape index (κ3) is 2.23. The fraction of sp³-hybridized carbons (Fsp3) is 0.364. The lowest BCUT2D eigenvalue weighted by atomic mass is 9.85. The molecule has 0 amide bonds. The summed E-state index contributed by atoms with van der Waals surface area (Å²) < 4.78 is 4.99. The summed E-state index contributed by atoms with van der Waals surface area (Å²) in [5.74, 6) is -0.292. The van der Waals surface area contributed by atoms with Gasteiger partial charge in [0, 0.05) is 5.02 Å². The molecule has 0 heterocycles. The first-order chi connectivity index (χ1) is 6.89. The average Bonchev–Trinajstić information content (AvgIpc) is 2.16. The molecule has 0 aliphatic carbocycles. The number of ether oxygens (including phenoxy) is 1. The van der Waals surface area contributed by atoms with E-state index in [2.05, 4.69) is 0 Å². The molecule has 0 saturated heterocycles. The van der Waals surface area contributed by atoms with Crippen LogP contribution in [0.1, 0.15) is 19.4 Å². The van der Waals surface area contributed by atoms with E-state index in [1.165, 1.54) is 7.11 Å². The van der Waals surface area contributed by atoms with Crippen LogP contribution in [0.2, 0.25) is 5.02 Å². The van der Waals surface area contributed by atoms with Gasteiger partial charge in [-0.25, -0.2) is 0 Å². The van der Waals surface area contributed by atoms with Crippen LogP contribution in [0.3, 0.4) is 0 Å². The molecule has 0 bridgehead atoms. The normalized spacial score (nSPS) is 11.2. The molecule has 82 valence electrons. The Labute approximate surface area is 93.6 Å². The molecule has 4 heteroatoms. The van der Waals surface area contributed by atoms with Gasteiger partial charge in [-0.1, -0.05) is 17.7 Å². The van der Waals surface area contributed by atoms with Crippen molar-refractivity contribution in [1.29, 1.82) is 0 Å². The molecular weight excluding hydrogens is 216 g/mol. The van der Waals surface area contributed by atoms with Crippen molar-refractivity contribution in [2.45, 2.75) is 19.3 Å². The number of rotatable bonds is 3. The van der Waals surface area contributed by atoms with E-state index < -0.39 is 11.4 Å². The molecule has 0 aromatic heterocycles. The van der Waals surface area contributed by atoms with Crippen molar-refractivity contribution in [3.05, 3.63) is 28.8 Å². The summed E-state index contributed by atoms with van der Waals surface area (Å²) in [5.41, 5.74) is -0.416. The van der Waals surface area contributed by atoms with E-state index in [4.69, 9.17) is 21.4 Å². The van der Waals surface area contributed by atoms with Crippen LogP contribution in [0.4, 0.5) is 0 Å². The lowest BCUT2D eigenvalue weighted by molar-refractivity contribution is -0.142. The number of carboxylic acids is 1. The minimum absolute atomic E-state index is 0.404. The molecule has 3 nitrogen and oxygen atoms in total. The number of carbonyl (C=O) groups is 1.